The van der Waals surface area contributed by atoms with Gasteiger partial charge in [0.15, 0.2) is 5.82 Å². The molecule has 120 valence electrons. The quantitative estimate of drug-likeness (QED) is 0.696. The third-order valence-corrected chi connectivity index (χ3v) is 4.03. The Bertz CT molecular complexity index is 822. The SMILES string of the molecule is O=C(Nc1ccc(NCc2ccccc2)nn1)c1ccccc1Br. The lowest BCUT2D eigenvalue weighted by atomic mass is 10.2. The van der Waals surface area contributed by atoms with Gasteiger partial charge < -0.3 is 10.6 Å². The molecule has 0 aliphatic carbocycles. The molecule has 2 aromatic carbocycles. The van der Waals surface area contributed by atoms with Crippen LogP contribution in [-0.4, -0.2) is 16.1 Å². The molecule has 5 nitrogen and oxygen atoms in total. The summed E-state index contributed by atoms with van der Waals surface area (Å²) in [6.45, 7) is 0.665. The second kappa shape index (κ2) is 7.70. The topological polar surface area (TPSA) is 66.9 Å². The van der Waals surface area contributed by atoms with E-state index < -0.39 is 0 Å². The minimum absolute atomic E-state index is 0.234. The summed E-state index contributed by atoms with van der Waals surface area (Å²) in [5.41, 5.74) is 1.70. The standard InChI is InChI=1S/C18H15BrN4O/c19-15-9-5-4-8-14(15)18(24)21-17-11-10-16(22-23-17)20-12-13-6-2-1-3-7-13/h1-11H,12H2,(H,20,22)(H,21,23,24). The van der Waals surface area contributed by atoms with Gasteiger partial charge in [0, 0.05) is 11.0 Å². The van der Waals surface area contributed by atoms with Crippen LogP contribution in [0.2, 0.25) is 0 Å². The fourth-order valence-electron chi connectivity index (χ4n) is 2.11. The highest BCUT2D eigenvalue weighted by molar-refractivity contribution is 9.10. The second-order valence-corrected chi connectivity index (χ2v) is 5.93. The molecule has 0 fully saturated rings. The van der Waals surface area contributed by atoms with E-state index in [1.807, 2.05) is 48.5 Å². The summed E-state index contributed by atoms with van der Waals surface area (Å²) < 4.78 is 0.733. The fourth-order valence-corrected chi connectivity index (χ4v) is 2.58. The summed E-state index contributed by atoms with van der Waals surface area (Å²) in [7, 11) is 0. The molecule has 3 rings (SSSR count). The second-order valence-electron chi connectivity index (χ2n) is 5.08. The number of amides is 1. The maximum Gasteiger partial charge on any atom is 0.258 e. The zero-order valence-corrected chi connectivity index (χ0v) is 14.3. The lowest BCUT2D eigenvalue weighted by Crippen LogP contribution is -2.14. The Labute approximate surface area is 148 Å². The van der Waals surface area contributed by atoms with Gasteiger partial charge in [-0.05, 0) is 45.8 Å². The smallest absolute Gasteiger partial charge is 0.258 e. The number of carbonyl (C=O) groups excluding carboxylic acids is 1. The van der Waals surface area contributed by atoms with Gasteiger partial charge in [0.2, 0.25) is 0 Å². The highest BCUT2D eigenvalue weighted by Crippen LogP contribution is 2.17. The van der Waals surface area contributed by atoms with Crippen LogP contribution in [0.25, 0.3) is 0 Å². The van der Waals surface area contributed by atoms with Crippen LogP contribution in [-0.2, 0) is 6.54 Å². The number of nitrogens with zero attached hydrogens (tertiary/aromatic N) is 2. The molecule has 1 aromatic heterocycles. The summed E-state index contributed by atoms with van der Waals surface area (Å²) >= 11 is 3.36. The first-order valence-electron chi connectivity index (χ1n) is 7.40. The first-order chi connectivity index (χ1) is 11.7. The van der Waals surface area contributed by atoms with Gasteiger partial charge in [0.1, 0.15) is 5.82 Å². The Morgan fingerprint density at radius 2 is 1.54 bits per heavy atom. The normalized spacial score (nSPS) is 10.2. The number of aromatic nitrogens is 2. The molecular weight excluding hydrogens is 368 g/mol. The monoisotopic (exact) mass is 382 g/mol. The summed E-state index contributed by atoms with van der Waals surface area (Å²) in [6.07, 6.45) is 0. The number of anilines is 2. The molecule has 3 aromatic rings. The lowest BCUT2D eigenvalue weighted by Gasteiger charge is -2.07. The van der Waals surface area contributed by atoms with E-state index in [0.717, 1.165) is 10.0 Å². The third kappa shape index (κ3) is 4.17. The molecule has 0 aliphatic rings. The molecule has 0 saturated carbocycles. The van der Waals surface area contributed by atoms with E-state index in [4.69, 9.17) is 0 Å². The Balaban J connectivity index is 1.60. The van der Waals surface area contributed by atoms with Crippen LogP contribution < -0.4 is 10.6 Å². The number of benzene rings is 2. The molecule has 6 heteroatoms. The minimum atomic E-state index is -0.234. The van der Waals surface area contributed by atoms with Crippen molar-refractivity contribution in [2.45, 2.75) is 6.54 Å². The van der Waals surface area contributed by atoms with Crippen LogP contribution in [0.5, 0.6) is 0 Å². The molecule has 0 radical (unpaired) electrons. The maximum absolute atomic E-state index is 12.2. The van der Waals surface area contributed by atoms with Crippen molar-refractivity contribution < 1.29 is 4.79 Å². The van der Waals surface area contributed by atoms with Crippen molar-refractivity contribution >= 4 is 33.5 Å². The van der Waals surface area contributed by atoms with Gasteiger partial charge in [0.05, 0.1) is 5.56 Å². The van der Waals surface area contributed by atoms with Crippen LogP contribution in [0.1, 0.15) is 15.9 Å². The van der Waals surface area contributed by atoms with Gasteiger partial charge in [0.25, 0.3) is 5.91 Å². The number of nitrogens with one attached hydrogen (secondary N) is 2. The average Bonchev–Trinajstić information content (AvgIpc) is 2.62. The molecule has 0 bridgehead atoms. The molecule has 0 spiro atoms. The number of hydrogen-bond donors (Lipinski definition) is 2. The van der Waals surface area contributed by atoms with Crippen molar-refractivity contribution in [3.63, 3.8) is 0 Å². The Kier molecular flexibility index (Phi) is 5.18. The van der Waals surface area contributed by atoms with Gasteiger partial charge in [-0.25, -0.2) is 0 Å². The lowest BCUT2D eigenvalue weighted by molar-refractivity contribution is 0.102. The number of rotatable bonds is 5. The summed E-state index contributed by atoms with van der Waals surface area (Å²) in [5.74, 6) is 0.820. The van der Waals surface area contributed by atoms with Gasteiger partial charge in [-0.2, -0.15) is 0 Å². The van der Waals surface area contributed by atoms with Crippen LogP contribution in [0.3, 0.4) is 0 Å². The van der Waals surface area contributed by atoms with E-state index in [0.29, 0.717) is 23.7 Å². The van der Waals surface area contributed by atoms with E-state index in [1.165, 1.54) is 0 Å². The van der Waals surface area contributed by atoms with Gasteiger partial charge in [-0.3, -0.25) is 4.79 Å². The Morgan fingerprint density at radius 1 is 0.875 bits per heavy atom. The van der Waals surface area contributed by atoms with Crippen molar-refractivity contribution in [2.75, 3.05) is 10.6 Å². The number of halogens is 1. The highest BCUT2D eigenvalue weighted by atomic mass is 79.9. The van der Waals surface area contributed by atoms with E-state index in [1.54, 1.807) is 18.2 Å². The van der Waals surface area contributed by atoms with Crippen molar-refractivity contribution in [1.82, 2.24) is 10.2 Å². The molecule has 1 heterocycles. The minimum Gasteiger partial charge on any atom is -0.365 e. The molecule has 0 aliphatic heterocycles. The molecule has 0 atom stereocenters. The summed E-state index contributed by atoms with van der Waals surface area (Å²) in [6, 6.07) is 20.7. The van der Waals surface area contributed by atoms with E-state index in [-0.39, 0.29) is 5.91 Å². The molecule has 0 unspecified atom stereocenters. The molecule has 2 N–H and O–H groups in total. The molecule has 1 amide bonds. The predicted molar refractivity (Wildman–Crippen MR) is 97.9 cm³/mol. The average molecular weight is 383 g/mol. The van der Waals surface area contributed by atoms with Crippen LogP contribution in [0, 0.1) is 0 Å². The van der Waals surface area contributed by atoms with E-state index >= 15 is 0 Å². The Hall–Kier alpha value is -2.73. The summed E-state index contributed by atoms with van der Waals surface area (Å²) in [4.78, 5) is 12.2. The first-order valence-corrected chi connectivity index (χ1v) is 8.19. The molecular formula is C18H15BrN4O. The van der Waals surface area contributed by atoms with Gasteiger partial charge >= 0.3 is 0 Å². The summed E-state index contributed by atoms with van der Waals surface area (Å²) in [5, 5.41) is 14.0. The van der Waals surface area contributed by atoms with Crippen LogP contribution in [0.15, 0.2) is 71.2 Å². The fraction of sp³-hybridized carbons (Fsp3) is 0.0556. The van der Waals surface area contributed by atoms with Crippen LogP contribution in [0.4, 0.5) is 11.6 Å². The zero-order chi connectivity index (χ0) is 16.8. The third-order valence-electron chi connectivity index (χ3n) is 3.34. The van der Waals surface area contributed by atoms with Crippen LogP contribution >= 0.6 is 15.9 Å². The van der Waals surface area contributed by atoms with Crippen molar-refractivity contribution in [1.29, 1.82) is 0 Å². The zero-order valence-electron chi connectivity index (χ0n) is 12.7. The van der Waals surface area contributed by atoms with Crippen molar-refractivity contribution in [2.24, 2.45) is 0 Å². The molecule has 24 heavy (non-hydrogen) atoms. The van der Waals surface area contributed by atoms with Crippen molar-refractivity contribution in [3.8, 4) is 0 Å². The molecule has 0 saturated heterocycles. The Morgan fingerprint density at radius 3 is 2.25 bits per heavy atom. The number of hydrogen-bond acceptors (Lipinski definition) is 4. The largest absolute Gasteiger partial charge is 0.365 e. The predicted octanol–water partition coefficient (Wildman–Crippen LogP) is 4.10. The van der Waals surface area contributed by atoms with E-state index in [2.05, 4.69) is 36.8 Å². The first kappa shape index (κ1) is 16.1. The number of carbonyl (C=O) groups is 1. The van der Waals surface area contributed by atoms with Gasteiger partial charge in [-0.1, -0.05) is 42.5 Å². The highest BCUT2D eigenvalue weighted by Gasteiger charge is 2.10. The van der Waals surface area contributed by atoms with Gasteiger partial charge in [-0.15, -0.1) is 10.2 Å². The van der Waals surface area contributed by atoms with Crippen molar-refractivity contribution in [3.05, 3.63) is 82.3 Å². The maximum atomic E-state index is 12.2. The van der Waals surface area contributed by atoms with E-state index in [9.17, 15) is 4.79 Å².